The molecule has 4 nitrogen and oxygen atoms in total. The van der Waals surface area contributed by atoms with E-state index in [2.05, 4.69) is 0 Å². The predicted octanol–water partition coefficient (Wildman–Crippen LogP) is 3.53. The van der Waals surface area contributed by atoms with Gasteiger partial charge in [-0.05, 0) is 29.3 Å². The standard InChI is InChI=1S/C19H18O4/c1-21-16-9-12(10-17(22-2)19(16)23-3)8-14-11-13-6-4-5-7-15(13)18(14)20/h4-10H,11H2,1-3H3/b14-8-. The van der Waals surface area contributed by atoms with Crippen molar-refractivity contribution in [3.8, 4) is 17.2 Å². The Morgan fingerprint density at radius 3 is 2.17 bits per heavy atom. The van der Waals surface area contributed by atoms with Gasteiger partial charge >= 0.3 is 0 Å². The molecule has 0 bridgehead atoms. The van der Waals surface area contributed by atoms with E-state index in [0.717, 1.165) is 22.3 Å². The van der Waals surface area contributed by atoms with E-state index >= 15 is 0 Å². The topological polar surface area (TPSA) is 44.8 Å². The number of ketones is 1. The summed E-state index contributed by atoms with van der Waals surface area (Å²) in [6, 6.07) is 11.4. The third kappa shape index (κ3) is 2.68. The maximum absolute atomic E-state index is 12.5. The summed E-state index contributed by atoms with van der Waals surface area (Å²) in [5, 5.41) is 0. The fourth-order valence-corrected chi connectivity index (χ4v) is 2.86. The van der Waals surface area contributed by atoms with Crippen molar-refractivity contribution < 1.29 is 19.0 Å². The Bertz CT molecular complexity index is 765. The highest BCUT2D eigenvalue weighted by molar-refractivity contribution is 6.15. The Morgan fingerprint density at radius 1 is 0.957 bits per heavy atom. The molecule has 0 atom stereocenters. The fraction of sp³-hybridized carbons (Fsp3) is 0.211. The molecular formula is C19H18O4. The van der Waals surface area contributed by atoms with Gasteiger partial charge in [-0.2, -0.15) is 0 Å². The normalized spacial score (nSPS) is 14.7. The van der Waals surface area contributed by atoms with E-state index in [1.807, 2.05) is 42.5 Å². The van der Waals surface area contributed by atoms with Crippen LogP contribution in [0.2, 0.25) is 0 Å². The molecule has 23 heavy (non-hydrogen) atoms. The fourth-order valence-electron chi connectivity index (χ4n) is 2.86. The first kappa shape index (κ1) is 15.2. The van der Waals surface area contributed by atoms with E-state index in [1.165, 1.54) is 0 Å². The van der Waals surface area contributed by atoms with Crippen molar-refractivity contribution >= 4 is 11.9 Å². The van der Waals surface area contributed by atoms with Gasteiger partial charge in [-0.3, -0.25) is 4.79 Å². The van der Waals surface area contributed by atoms with E-state index < -0.39 is 0 Å². The maximum atomic E-state index is 12.5. The van der Waals surface area contributed by atoms with Gasteiger partial charge in [0.1, 0.15) is 0 Å². The van der Waals surface area contributed by atoms with Crippen LogP contribution < -0.4 is 14.2 Å². The number of benzene rings is 2. The van der Waals surface area contributed by atoms with Crippen molar-refractivity contribution in [2.24, 2.45) is 0 Å². The van der Waals surface area contributed by atoms with Gasteiger partial charge < -0.3 is 14.2 Å². The molecule has 118 valence electrons. The van der Waals surface area contributed by atoms with Gasteiger partial charge in [0.05, 0.1) is 21.3 Å². The van der Waals surface area contributed by atoms with Crippen molar-refractivity contribution in [3.63, 3.8) is 0 Å². The maximum Gasteiger partial charge on any atom is 0.203 e. The zero-order valence-electron chi connectivity index (χ0n) is 13.4. The molecule has 4 heteroatoms. The van der Waals surface area contributed by atoms with Crippen LogP contribution in [0.3, 0.4) is 0 Å². The number of methoxy groups -OCH3 is 3. The van der Waals surface area contributed by atoms with Crippen LogP contribution in [0.25, 0.3) is 6.08 Å². The highest BCUT2D eigenvalue weighted by Gasteiger charge is 2.24. The minimum Gasteiger partial charge on any atom is -0.493 e. The van der Waals surface area contributed by atoms with Crippen LogP contribution in [-0.4, -0.2) is 27.1 Å². The summed E-state index contributed by atoms with van der Waals surface area (Å²) < 4.78 is 16.0. The lowest BCUT2D eigenvalue weighted by Gasteiger charge is -2.13. The van der Waals surface area contributed by atoms with E-state index in [9.17, 15) is 4.79 Å². The summed E-state index contributed by atoms with van der Waals surface area (Å²) in [5.74, 6) is 1.76. The van der Waals surface area contributed by atoms with Gasteiger partial charge in [0.2, 0.25) is 5.75 Å². The Kier molecular flexibility index (Phi) is 4.06. The molecule has 1 aliphatic rings. The molecule has 0 aromatic heterocycles. The Labute approximate surface area is 135 Å². The third-order valence-corrected chi connectivity index (χ3v) is 3.96. The number of carbonyl (C=O) groups excluding carboxylic acids is 1. The number of carbonyl (C=O) groups is 1. The van der Waals surface area contributed by atoms with Gasteiger partial charge in [0, 0.05) is 17.6 Å². The second-order valence-electron chi connectivity index (χ2n) is 5.29. The van der Waals surface area contributed by atoms with Crippen molar-refractivity contribution in [1.29, 1.82) is 0 Å². The summed E-state index contributed by atoms with van der Waals surface area (Å²) in [5.41, 5.74) is 3.46. The molecule has 0 unspecified atom stereocenters. The summed E-state index contributed by atoms with van der Waals surface area (Å²) in [6.07, 6.45) is 2.53. The molecule has 0 fully saturated rings. The van der Waals surface area contributed by atoms with E-state index in [1.54, 1.807) is 21.3 Å². The van der Waals surface area contributed by atoms with Crippen molar-refractivity contribution in [2.75, 3.05) is 21.3 Å². The van der Waals surface area contributed by atoms with Crippen LogP contribution in [0.1, 0.15) is 21.5 Å². The highest BCUT2D eigenvalue weighted by atomic mass is 16.5. The van der Waals surface area contributed by atoms with Crippen molar-refractivity contribution in [3.05, 3.63) is 58.7 Å². The second-order valence-corrected chi connectivity index (χ2v) is 5.29. The van der Waals surface area contributed by atoms with Crippen molar-refractivity contribution in [1.82, 2.24) is 0 Å². The molecule has 0 radical (unpaired) electrons. The molecule has 2 aromatic rings. The molecule has 2 aromatic carbocycles. The molecule has 3 rings (SSSR count). The predicted molar refractivity (Wildman–Crippen MR) is 88.6 cm³/mol. The molecule has 0 N–H and O–H groups in total. The lowest BCUT2D eigenvalue weighted by Crippen LogP contribution is -1.97. The van der Waals surface area contributed by atoms with Gasteiger partial charge in [0.25, 0.3) is 0 Å². The Hall–Kier alpha value is -2.75. The van der Waals surface area contributed by atoms with Crippen LogP contribution in [-0.2, 0) is 6.42 Å². The average molecular weight is 310 g/mol. The number of ether oxygens (including phenoxy) is 3. The van der Waals surface area contributed by atoms with Crippen LogP contribution in [0, 0.1) is 0 Å². The van der Waals surface area contributed by atoms with Gasteiger partial charge in [-0.25, -0.2) is 0 Å². The number of allylic oxidation sites excluding steroid dienone is 1. The lowest BCUT2D eigenvalue weighted by molar-refractivity contribution is 0.104. The summed E-state index contributed by atoms with van der Waals surface area (Å²) in [4.78, 5) is 12.5. The quantitative estimate of drug-likeness (QED) is 0.810. The Balaban J connectivity index is 2.02. The molecule has 0 spiro atoms. The summed E-state index contributed by atoms with van der Waals surface area (Å²) in [6.45, 7) is 0. The van der Waals surface area contributed by atoms with Crippen LogP contribution in [0.4, 0.5) is 0 Å². The first-order valence-corrected chi connectivity index (χ1v) is 7.31. The SMILES string of the molecule is COc1cc(/C=C2/Cc3ccccc3C2=O)cc(OC)c1OC. The number of hydrogen-bond acceptors (Lipinski definition) is 4. The minimum absolute atomic E-state index is 0.0781. The zero-order chi connectivity index (χ0) is 16.4. The lowest BCUT2D eigenvalue weighted by atomic mass is 10.1. The van der Waals surface area contributed by atoms with Crippen LogP contribution in [0.15, 0.2) is 42.0 Å². The third-order valence-electron chi connectivity index (χ3n) is 3.96. The molecular weight excluding hydrogens is 292 g/mol. The second kappa shape index (κ2) is 6.16. The zero-order valence-corrected chi connectivity index (χ0v) is 13.4. The first-order chi connectivity index (χ1) is 11.2. The smallest absolute Gasteiger partial charge is 0.203 e. The molecule has 0 heterocycles. The molecule has 1 aliphatic carbocycles. The number of hydrogen-bond donors (Lipinski definition) is 0. The van der Waals surface area contributed by atoms with Gasteiger partial charge in [-0.15, -0.1) is 0 Å². The Morgan fingerprint density at radius 2 is 1.61 bits per heavy atom. The number of fused-ring (bicyclic) bond motifs is 1. The van der Waals surface area contributed by atoms with E-state index in [0.29, 0.717) is 23.7 Å². The van der Waals surface area contributed by atoms with E-state index in [-0.39, 0.29) is 5.78 Å². The first-order valence-electron chi connectivity index (χ1n) is 7.31. The minimum atomic E-state index is 0.0781. The number of rotatable bonds is 4. The van der Waals surface area contributed by atoms with Gasteiger partial charge in [0.15, 0.2) is 17.3 Å². The summed E-state index contributed by atoms with van der Waals surface area (Å²) in [7, 11) is 4.71. The molecule has 0 saturated heterocycles. The van der Waals surface area contributed by atoms with E-state index in [4.69, 9.17) is 14.2 Å². The molecule has 0 saturated carbocycles. The van der Waals surface area contributed by atoms with Crippen LogP contribution in [0.5, 0.6) is 17.2 Å². The summed E-state index contributed by atoms with van der Waals surface area (Å²) >= 11 is 0. The molecule has 0 aliphatic heterocycles. The molecule has 0 amide bonds. The average Bonchev–Trinajstić information content (AvgIpc) is 2.90. The van der Waals surface area contributed by atoms with Gasteiger partial charge in [-0.1, -0.05) is 24.3 Å². The van der Waals surface area contributed by atoms with Crippen LogP contribution >= 0.6 is 0 Å². The largest absolute Gasteiger partial charge is 0.493 e. The monoisotopic (exact) mass is 310 g/mol. The highest BCUT2D eigenvalue weighted by Crippen LogP contribution is 2.39. The van der Waals surface area contributed by atoms with Crippen molar-refractivity contribution in [2.45, 2.75) is 6.42 Å². The number of Topliss-reactive ketones (excluding diaryl/α,β-unsaturated/α-hetero) is 1.